The lowest BCUT2D eigenvalue weighted by Gasteiger charge is -2.26. The van der Waals surface area contributed by atoms with Gasteiger partial charge in [-0.05, 0) is 20.8 Å². The summed E-state index contributed by atoms with van der Waals surface area (Å²) < 4.78 is 4.85. The van der Waals surface area contributed by atoms with E-state index >= 15 is 0 Å². The average Bonchev–Trinajstić information content (AvgIpc) is 2.22. The standard InChI is InChI=1S/C12H24N2O3/c1-6-17-12(16)8-14(10(4)5)11(15)7-13-9(2)3/h9-10,13H,6-8H2,1-5H3. The molecule has 0 saturated carbocycles. The van der Waals surface area contributed by atoms with Crippen molar-refractivity contribution in [2.24, 2.45) is 0 Å². The first-order chi connectivity index (χ1) is 7.88. The maximum atomic E-state index is 11.9. The maximum absolute atomic E-state index is 11.9. The van der Waals surface area contributed by atoms with Crippen LogP contribution in [0.2, 0.25) is 0 Å². The summed E-state index contributed by atoms with van der Waals surface area (Å²) >= 11 is 0. The minimum Gasteiger partial charge on any atom is -0.465 e. The molecule has 0 unspecified atom stereocenters. The van der Waals surface area contributed by atoms with E-state index in [4.69, 9.17) is 4.74 Å². The summed E-state index contributed by atoms with van der Waals surface area (Å²) in [6.07, 6.45) is 0. The van der Waals surface area contributed by atoms with Gasteiger partial charge in [-0.3, -0.25) is 9.59 Å². The number of esters is 1. The molecule has 5 nitrogen and oxygen atoms in total. The predicted octanol–water partition coefficient (Wildman–Crippen LogP) is 0.785. The first-order valence-corrected chi connectivity index (χ1v) is 6.06. The third kappa shape index (κ3) is 6.94. The van der Waals surface area contributed by atoms with E-state index in [0.29, 0.717) is 6.61 Å². The topological polar surface area (TPSA) is 58.6 Å². The Bertz CT molecular complexity index is 252. The van der Waals surface area contributed by atoms with Crippen molar-refractivity contribution >= 4 is 11.9 Å². The zero-order valence-electron chi connectivity index (χ0n) is 11.4. The second kappa shape index (κ2) is 8.06. The van der Waals surface area contributed by atoms with E-state index in [2.05, 4.69) is 5.32 Å². The zero-order chi connectivity index (χ0) is 13.4. The van der Waals surface area contributed by atoms with Gasteiger partial charge < -0.3 is 15.0 Å². The van der Waals surface area contributed by atoms with Crippen LogP contribution in [0.25, 0.3) is 0 Å². The van der Waals surface area contributed by atoms with Crippen molar-refractivity contribution in [1.29, 1.82) is 0 Å². The lowest BCUT2D eigenvalue weighted by Crippen LogP contribution is -2.46. The minimum atomic E-state index is -0.362. The number of carbonyl (C=O) groups excluding carboxylic acids is 2. The van der Waals surface area contributed by atoms with Crippen molar-refractivity contribution in [2.45, 2.75) is 46.7 Å². The van der Waals surface area contributed by atoms with Crippen molar-refractivity contribution in [3.8, 4) is 0 Å². The van der Waals surface area contributed by atoms with E-state index in [1.54, 1.807) is 6.92 Å². The Morgan fingerprint density at radius 2 is 1.82 bits per heavy atom. The number of carbonyl (C=O) groups is 2. The Morgan fingerprint density at radius 3 is 2.24 bits per heavy atom. The molecule has 0 bridgehead atoms. The van der Waals surface area contributed by atoms with Gasteiger partial charge in [0.25, 0.3) is 0 Å². The largest absolute Gasteiger partial charge is 0.465 e. The number of hydrogen-bond acceptors (Lipinski definition) is 4. The van der Waals surface area contributed by atoms with E-state index in [1.165, 1.54) is 4.90 Å². The molecule has 1 N–H and O–H groups in total. The van der Waals surface area contributed by atoms with Gasteiger partial charge in [0, 0.05) is 12.1 Å². The molecule has 0 spiro atoms. The predicted molar refractivity (Wildman–Crippen MR) is 66.6 cm³/mol. The molecule has 0 atom stereocenters. The highest BCUT2D eigenvalue weighted by Gasteiger charge is 2.20. The van der Waals surface area contributed by atoms with Gasteiger partial charge >= 0.3 is 5.97 Å². The van der Waals surface area contributed by atoms with Crippen LogP contribution in [0.5, 0.6) is 0 Å². The number of rotatable bonds is 7. The molecule has 1 amide bonds. The molecular formula is C12H24N2O3. The lowest BCUT2D eigenvalue weighted by molar-refractivity contribution is -0.149. The third-order valence-electron chi connectivity index (χ3n) is 2.21. The summed E-state index contributed by atoms with van der Waals surface area (Å²) in [5, 5.41) is 3.04. The van der Waals surface area contributed by atoms with Crippen LogP contribution in [-0.2, 0) is 14.3 Å². The number of hydrogen-bond donors (Lipinski definition) is 1. The van der Waals surface area contributed by atoms with Crippen LogP contribution in [0.3, 0.4) is 0 Å². The van der Waals surface area contributed by atoms with Crippen LogP contribution >= 0.6 is 0 Å². The summed E-state index contributed by atoms with van der Waals surface area (Å²) in [4.78, 5) is 24.8. The molecule has 0 aliphatic heterocycles. The number of nitrogens with zero attached hydrogens (tertiary/aromatic N) is 1. The van der Waals surface area contributed by atoms with Crippen LogP contribution in [0.1, 0.15) is 34.6 Å². The van der Waals surface area contributed by atoms with E-state index in [9.17, 15) is 9.59 Å². The normalized spacial score (nSPS) is 10.8. The van der Waals surface area contributed by atoms with Gasteiger partial charge in [0.2, 0.25) is 5.91 Å². The highest BCUT2D eigenvalue weighted by Crippen LogP contribution is 1.99. The zero-order valence-corrected chi connectivity index (χ0v) is 11.4. The van der Waals surface area contributed by atoms with Crippen molar-refractivity contribution in [3.63, 3.8) is 0 Å². The van der Waals surface area contributed by atoms with Crippen LogP contribution in [-0.4, -0.2) is 48.6 Å². The fourth-order valence-electron chi connectivity index (χ4n) is 1.30. The molecule has 0 fully saturated rings. The van der Waals surface area contributed by atoms with Gasteiger partial charge in [0.05, 0.1) is 13.2 Å². The maximum Gasteiger partial charge on any atom is 0.325 e. The molecule has 0 aliphatic carbocycles. The molecular weight excluding hydrogens is 220 g/mol. The van der Waals surface area contributed by atoms with Crippen LogP contribution < -0.4 is 5.32 Å². The summed E-state index contributed by atoms with van der Waals surface area (Å²) in [7, 11) is 0. The first kappa shape index (κ1) is 15.9. The van der Waals surface area contributed by atoms with Crippen molar-refractivity contribution in [2.75, 3.05) is 19.7 Å². The Morgan fingerprint density at radius 1 is 1.24 bits per heavy atom. The van der Waals surface area contributed by atoms with Gasteiger partial charge in [-0.25, -0.2) is 0 Å². The van der Waals surface area contributed by atoms with Crippen LogP contribution in [0.15, 0.2) is 0 Å². The summed E-state index contributed by atoms with van der Waals surface area (Å²) in [5.74, 6) is -0.444. The molecule has 100 valence electrons. The second-order valence-corrected chi connectivity index (χ2v) is 4.46. The van der Waals surface area contributed by atoms with E-state index in [-0.39, 0.29) is 37.0 Å². The second-order valence-electron chi connectivity index (χ2n) is 4.46. The molecule has 0 aromatic carbocycles. The number of amides is 1. The molecule has 0 saturated heterocycles. The fourth-order valence-corrected chi connectivity index (χ4v) is 1.30. The lowest BCUT2D eigenvalue weighted by atomic mass is 10.3. The van der Waals surface area contributed by atoms with Gasteiger partial charge in [-0.2, -0.15) is 0 Å². The highest BCUT2D eigenvalue weighted by atomic mass is 16.5. The molecule has 0 heterocycles. The van der Waals surface area contributed by atoms with E-state index < -0.39 is 0 Å². The molecule has 0 aliphatic rings. The number of nitrogens with one attached hydrogen (secondary N) is 1. The van der Waals surface area contributed by atoms with Gasteiger partial charge in [-0.1, -0.05) is 13.8 Å². The van der Waals surface area contributed by atoms with Crippen LogP contribution in [0.4, 0.5) is 0 Å². The quantitative estimate of drug-likeness (QED) is 0.673. The molecule has 5 heteroatoms. The molecule has 0 aromatic heterocycles. The Hall–Kier alpha value is -1.10. The SMILES string of the molecule is CCOC(=O)CN(C(=O)CNC(C)C)C(C)C. The highest BCUT2D eigenvalue weighted by molar-refractivity contribution is 5.83. The average molecular weight is 244 g/mol. The summed E-state index contributed by atoms with van der Waals surface area (Å²) in [5.41, 5.74) is 0. The molecule has 17 heavy (non-hydrogen) atoms. The van der Waals surface area contributed by atoms with E-state index in [0.717, 1.165) is 0 Å². The smallest absolute Gasteiger partial charge is 0.325 e. The Balaban J connectivity index is 4.31. The van der Waals surface area contributed by atoms with Crippen molar-refractivity contribution in [1.82, 2.24) is 10.2 Å². The third-order valence-corrected chi connectivity index (χ3v) is 2.21. The van der Waals surface area contributed by atoms with Crippen molar-refractivity contribution in [3.05, 3.63) is 0 Å². The number of ether oxygens (including phenoxy) is 1. The molecule has 0 radical (unpaired) electrons. The Labute approximate surface area is 103 Å². The van der Waals surface area contributed by atoms with Gasteiger partial charge in [0.1, 0.15) is 6.54 Å². The van der Waals surface area contributed by atoms with Gasteiger partial charge in [-0.15, -0.1) is 0 Å². The molecule has 0 rings (SSSR count). The first-order valence-electron chi connectivity index (χ1n) is 6.06. The molecule has 0 aromatic rings. The Kier molecular flexibility index (Phi) is 7.54. The summed E-state index contributed by atoms with van der Waals surface area (Å²) in [6.45, 7) is 10.1. The summed E-state index contributed by atoms with van der Waals surface area (Å²) in [6, 6.07) is 0.233. The van der Waals surface area contributed by atoms with Crippen LogP contribution in [0, 0.1) is 0 Å². The van der Waals surface area contributed by atoms with Gasteiger partial charge in [0.15, 0.2) is 0 Å². The monoisotopic (exact) mass is 244 g/mol. The minimum absolute atomic E-state index is 0.0131. The van der Waals surface area contributed by atoms with Crippen molar-refractivity contribution < 1.29 is 14.3 Å². The fraction of sp³-hybridized carbons (Fsp3) is 0.833. The van der Waals surface area contributed by atoms with E-state index in [1.807, 2.05) is 27.7 Å².